The van der Waals surface area contributed by atoms with Gasteiger partial charge < -0.3 is 9.84 Å². The number of benzene rings is 2. The SMILES string of the molecule is Cc1cc(C)c(C=Cc2onc(C)c2S(=O)(=O)N2CCC(C(=O)Nc3cc(F)ccc3F)CC2)c(C)c1. The Hall–Kier alpha value is -3.37. The van der Waals surface area contributed by atoms with E-state index in [9.17, 15) is 22.0 Å². The standard InChI is InChI=1S/C27H29F2N3O4S/c1-16-13-17(2)22(18(3)14-16)6-8-25-26(19(4)31-36-25)37(34,35)32-11-9-20(10-12-32)27(33)30-24-15-21(28)5-7-23(24)29/h5-8,13-15,20H,9-12H2,1-4H3,(H,30,33). The first-order valence-electron chi connectivity index (χ1n) is 12.0. The summed E-state index contributed by atoms with van der Waals surface area (Å²) in [5, 5.41) is 6.30. The quantitative estimate of drug-likeness (QED) is 0.462. The Bertz CT molecular complexity index is 1450. The molecule has 1 aliphatic rings. The molecule has 1 fully saturated rings. The van der Waals surface area contributed by atoms with E-state index in [0.29, 0.717) is 0 Å². The van der Waals surface area contributed by atoms with Crippen LogP contribution in [0.25, 0.3) is 12.2 Å². The highest BCUT2D eigenvalue weighted by molar-refractivity contribution is 7.89. The van der Waals surface area contributed by atoms with E-state index >= 15 is 0 Å². The predicted molar refractivity (Wildman–Crippen MR) is 137 cm³/mol. The number of carbonyl (C=O) groups is 1. The van der Waals surface area contributed by atoms with E-state index in [1.807, 2.05) is 26.8 Å². The van der Waals surface area contributed by atoms with Gasteiger partial charge in [0.2, 0.25) is 15.9 Å². The minimum absolute atomic E-state index is 0.00380. The molecule has 1 amide bonds. The van der Waals surface area contributed by atoms with Crippen LogP contribution in [0.5, 0.6) is 0 Å². The molecule has 0 bridgehead atoms. The Morgan fingerprint density at radius 1 is 1.05 bits per heavy atom. The number of nitrogens with zero attached hydrogens (tertiary/aromatic N) is 2. The minimum atomic E-state index is -3.95. The lowest BCUT2D eigenvalue weighted by Gasteiger charge is -2.30. The van der Waals surface area contributed by atoms with Gasteiger partial charge >= 0.3 is 0 Å². The van der Waals surface area contributed by atoms with Crippen LogP contribution in [0.4, 0.5) is 14.5 Å². The first-order chi connectivity index (χ1) is 17.5. The summed E-state index contributed by atoms with van der Waals surface area (Å²) >= 11 is 0. The maximum Gasteiger partial charge on any atom is 0.248 e. The number of carbonyl (C=O) groups excluding carboxylic acids is 1. The van der Waals surface area contributed by atoms with Crippen LogP contribution in [-0.4, -0.2) is 36.9 Å². The summed E-state index contributed by atoms with van der Waals surface area (Å²) in [5.41, 5.74) is 4.25. The van der Waals surface area contributed by atoms with Crippen molar-refractivity contribution < 1.29 is 26.5 Å². The van der Waals surface area contributed by atoms with E-state index in [0.717, 1.165) is 40.5 Å². The Kier molecular flexibility index (Phi) is 7.61. The summed E-state index contributed by atoms with van der Waals surface area (Å²) in [5.74, 6) is -2.29. The molecule has 0 radical (unpaired) electrons. The molecular formula is C27H29F2N3O4S. The topological polar surface area (TPSA) is 92.5 Å². The first-order valence-corrected chi connectivity index (χ1v) is 13.4. The van der Waals surface area contributed by atoms with Gasteiger partial charge in [-0.25, -0.2) is 17.2 Å². The monoisotopic (exact) mass is 529 g/mol. The normalized spacial score (nSPS) is 15.4. The van der Waals surface area contributed by atoms with Gasteiger partial charge in [0.25, 0.3) is 0 Å². The highest BCUT2D eigenvalue weighted by Gasteiger charge is 2.36. The second kappa shape index (κ2) is 10.5. The van der Waals surface area contributed by atoms with Crippen molar-refractivity contribution in [3.05, 3.63) is 75.7 Å². The zero-order chi connectivity index (χ0) is 26.9. The fourth-order valence-electron chi connectivity index (χ4n) is 4.73. The van der Waals surface area contributed by atoms with Crippen molar-refractivity contribution in [3.8, 4) is 0 Å². The van der Waals surface area contributed by atoms with Gasteiger partial charge in [-0.1, -0.05) is 28.9 Å². The van der Waals surface area contributed by atoms with Crippen LogP contribution in [0.3, 0.4) is 0 Å². The molecule has 0 aliphatic carbocycles. The van der Waals surface area contributed by atoms with Crippen LogP contribution in [-0.2, 0) is 14.8 Å². The average molecular weight is 530 g/mol. The van der Waals surface area contributed by atoms with Crippen molar-refractivity contribution in [3.63, 3.8) is 0 Å². The molecule has 1 saturated heterocycles. The molecule has 1 aliphatic heterocycles. The number of anilines is 1. The molecule has 3 aromatic rings. The smallest absolute Gasteiger partial charge is 0.248 e. The van der Waals surface area contributed by atoms with Crippen LogP contribution in [0.2, 0.25) is 0 Å². The summed E-state index contributed by atoms with van der Waals surface area (Å²) in [6.45, 7) is 7.76. The van der Waals surface area contributed by atoms with Gasteiger partial charge in [0.1, 0.15) is 17.3 Å². The summed E-state index contributed by atoms with van der Waals surface area (Å²) < 4.78 is 61.0. The molecule has 1 N–H and O–H groups in total. The fourth-order valence-corrected chi connectivity index (χ4v) is 6.45. The Morgan fingerprint density at radius 3 is 2.35 bits per heavy atom. The first kappa shape index (κ1) is 26.7. The molecule has 37 heavy (non-hydrogen) atoms. The van der Waals surface area contributed by atoms with Crippen molar-refractivity contribution in [2.75, 3.05) is 18.4 Å². The number of nitrogens with one attached hydrogen (secondary N) is 1. The van der Waals surface area contributed by atoms with E-state index in [4.69, 9.17) is 4.52 Å². The maximum atomic E-state index is 13.9. The molecule has 0 saturated carbocycles. The number of amides is 1. The molecule has 2 heterocycles. The van der Waals surface area contributed by atoms with E-state index < -0.39 is 33.5 Å². The Labute approximate surface area is 215 Å². The molecule has 4 rings (SSSR count). The second-order valence-electron chi connectivity index (χ2n) is 9.40. The lowest BCUT2D eigenvalue weighted by molar-refractivity contribution is -0.120. The van der Waals surface area contributed by atoms with Crippen molar-refractivity contribution in [2.24, 2.45) is 5.92 Å². The molecule has 10 heteroatoms. The lowest BCUT2D eigenvalue weighted by atomic mass is 9.97. The van der Waals surface area contributed by atoms with Crippen LogP contribution in [0.1, 0.15) is 46.5 Å². The number of hydrogen-bond donors (Lipinski definition) is 1. The fraction of sp³-hybridized carbons (Fsp3) is 0.333. The maximum absolute atomic E-state index is 13.9. The molecule has 2 aromatic carbocycles. The van der Waals surface area contributed by atoms with Crippen LogP contribution < -0.4 is 5.32 Å². The van der Waals surface area contributed by atoms with Gasteiger partial charge in [0, 0.05) is 25.1 Å². The van der Waals surface area contributed by atoms with E-state index in [2.05, 4.69) is 22.6 Å². The van der Waals surface area contributed by atoms with Gasteiger partial charge in [-0.15, -0.1) is 0 Å². The molecule has 0 atom stereocenters. The van der Waals surface area contributed by atoms with Gasteiger partial charge in [-0.2, -0.15) is 4.31 Å². The van der Waals surface area contributed by atoms with Gasteiger partial charge in [-0.3, -0.25) is 4.79 Å². The molecule has 196 valence electrons. The second-order valence-corrected chi connectivity index (χ2v) is 11.3. The molecule has 0 unspecified atom stereocenters. The van der Waals surface area contributed by atoms with Crippen molar-refractivity contribution in [1.29, 1.82) is 0 Å². The van der Waals surface area contributed by atoms with Gasteiger partial charge in [0.05, 0.1) is 5.69 Å². The van der Waals surface area contributed by atoms with E-state index in [1.54, 1.807) is 13.0 Å². The number of aryl methyl sites for hydroxylation is 4. The molecular weight excluding hydrogens is 500 g/mol. The summed E-state index contributed by atoms with van der Waals surface area (Å²) in [7, 11) is -3.95. The number of rotatable bonds is 6. The Balaban J connectivity index is 1.49. The predicted octanol–water partition coefficient (Wildman–Crippen LogP) is 5.40. The van der Waals surface area contributed by atoms with Gasteiger partial charge in [-0.05, 0) is 75.4 Å². The molecule has 0 spiro atoms. The third kappa shape index (κ3) is 5.65. The summed E-state index contributed by atoms with van der Waals surface area (Å²) in [4.78, 5) is 12.6. The number of sulfonamides is 1. The number of piperidine rings is 1. The number of aromatic nitrogens is 1. The zero-order valence-electron chi connectivity index (χ0n) is 21.1. The van der Waals surface area contributed by atoms with Gasteiger partial charge in [0.15, 0.2) is 10.7 Å². The number of halogens is 2. The number of hydrogen-bond acceptors (Lipinski definition) is 5. The van der Waals surface area contributed by atoms with Crippen LogP contribution in [0.15, 0.2) is 39.8 Å². The highest BCUT2D eigenvalue weighted by Crippen LogP contribution is 2.30. The summed E-state index contributed by atoms with van der Waals surface area (Å²) in [6, 6.07) is 6.93. The van der Waals surface area contributed by atoms with E-state index in [1.165, 1.54) is 4.31 Å². The Morgan fingerprint density at radius 2 is 1.70 bits per heavy atom. The van der Waals surface area contributed by atoms with Crippen LogP contribution >= 0.6 is 0 Å². The van der Waals surface area contributed by atoms with Crippen molar-refractivity contribution >= 4 is 33.8 Å². The highest BCUT2D eigenvalue weighted by atomic mass is 32.2. The molecule has 1 aromatic heterocycles. The third-order valence-electron chi connectivity index (χ3n) is 6.58. The summed E-state index contributed by atoms with van der Waals surface area (Å²) in [6.07, 6.45) is 3.91. The van der Waals surface area contributed by atoms with E-state index in [-0.39, 0.29) is 48.0 Å². The van der Waals surface area contributed by atoms with Crippen molar-refractivity contribution in [1.82, 2.24) is 9.46 Å². The largest absolute Gasteiger partial charge is 0.355 e. The molecule has 7 nitrogen and oxygen atoms in total. The third-order valence-corrected chi connectivity index (χ3v) is 8.64. The minimum Gasteiger partial charge on any atom is -0.355 e. The van der Waals surface area contributed by atoms with Crippen LogP contribution in [0, 0.1) is 45.2 Å². The van der Waals surface area contributed by atoms with Crippen molar-refractivity contribution in [2.45, 2.75) is 45.4 Å². The zero-order valence-corrected chi connectivity index (χ0v) is 22.0. The average Bonchev–Trinajstić information content (AvgIpc) is 3.21. The lowest BCUT2D eigenvalue weighted by Crippen LogP contribution is -2.41.